The number of para-hydroxylation sites is 1. The lowest BCUT2D eigenvalue weighted by atomic mass is 9.93. The lowest BCUT2D eigenvalue weighted by molar-refractivity contribution is -0.143. The number of nitrogens with one attached hydrogen (secondary N) is 12. The molecule has 1 aromatic heterocycles. The summed E-state index contributed by atoms with van der Waals surface area (Å²) < 4.78 is 0. The van der Waals surface area contributed by atoms with Crippen molar-refractivity contribution >= 4 is 105 Å². The Kier molecular flexibility index (Phi) is 25.0. The first kappa shape index (κ1) is 70.7. The number of aliphatic hydroxyl groups is 3. The van der Waals surface area contributed by atoms with Crippen molar-refractivity contribution in [3.8, 4) is 0 Å². The van der Waals surface area contributed by atoms with E-state index in [0.29, 0.717) is 39.2 Å². The van der Waals surface area contributed by atoms with Crippen LogP contribution in [0.15, 0.2) is 65.7 Å². The number of nitrogens with zero attached hydrogens (tertiary/aromatic N) is 2. The number of anilines is 1. The van der Waals surface area contributed by atoms with Gasteiger partial charge >= 0.3 is 0 Å². The molecule has 1 fully saturated rings. The molecule has 0 spiro atoms. The van der Waals surface area contributed by atoms with Crippen LogP contribution in [0.4, 0.5) is 5.69 Å². The summed E-state index contributed by atoms with van der Waals surface area (Å²) in [5.41, 5.74) is 1.99. The number of thioether (sulfide) groups is 1. The maximum Gasteiger partial charge on any atom is 0.253 e. The van der Waals surface area contributed by atoms with Crippen molar-refractivity contribution in [3.63, 3.8) is 0 Å². The average molecular weight is 1300 g/mol. The second-order valence-electron chi connectivity index (χ2n) is 23.7. The number of carbonyl (C=O) groups is 13. The van der Waals surface area contributed by atoms with Crippen LogP contribution in [-0.4, -0.2) is 213 Å². The number of rotatable bonds is 18. The van der Waals surface area contributed by atoms with E-state index in [1.165, 1.54) is 25.6 Å². The molecule has 4 aliphatic rings. The largest absolute Gasteiger partial charge is 0.394 e. The van der Waals surface area contributed by atoms with Crippen LogP contribution in [0.1, 0.15) is 78.4 Å². The zero-order valence-electron chi connectivity index (χ0n) is 51.9. The highest BCUT2D eigenvalue weighted by Crippen LogP contribution is 2.32. The molecule has 1 unspecified atom stereocenters. The SMILES string of the molecule is CC[C@H](C)[C@@H]1NC(=O)CNC(=O)[C@@H]2Cc3c([nH]c4ccccc34)SC[C@@H](CN[C@@H](CC(=O)NCc3ccc(NC(=O)[C@H](C)NC(=O)C(NC(=O)CCN4C(=O)C=CC4=O)C(C)C)cc3)C(=O)N3C[C@H](O)C[C@H]3C(=O)N[C@@H]([C@@H](C)[C@@H](O)CO)C(=O)N2)NC(=O)CNC1=O. The normalized spacial score (nSPS) is 23.9. The average Bonchev–Trinajstić information content (AvgIpc) is 1.65. The maximum atomic E-state index is 15.0. The van der Waals surface area contributed by atoms with E-state index in [4.69, 9.17) is 0 Å². The minimum absolute atomic E-state index is 0.0391. The number of hydrogen-bond acceptors (Lipinski definition) is 18. The van der Waals surface area contributed by atoms with E-state index in [-0.39, 0.29) is 44.6 Å². The number of benzene rings is 2. The number of aromatic nitrogens is 1. The van der Waals surface area contributed by atoms with Gasteiger partial charge in [-0.3, -0.25) is 67.2 Å². The van der Waals surface area contributed by atoms with Crippen LogP contribution in [0.3, 0.4) is 0 Å². The summed E-state index contributed by atoms with van der Waals surface area (Å²) in [7, 11) is 0. The zero-order chi connectivity index (χ0) is 67.1. The van der Waals surface area contributed by atoms with E-state index in [0.717, 1.165) is 22.0 Å². The highest BCUT2D eigenvalue weighted by atomic mass is 32.2. The Balaban J connectivity index is 1.12. The number of H-pyrrole nitrogens is 1. The number of imide groups is 1. The van der Waals surface area contributed by atoms with E-state index in [1.807, 2.05) is 0 Å². The summed E-state index contributed by atoms with van der Waals surface area (Å²) in [6, 6.07) is 3.02. The predicted octanol–water partition coefficient (Wildman–Crippen LogP) is -3.44. The van der Waals surface area contributed by atoms with Crippen LogP contribution in [0, 0.1) is 17.8 Å². The molecule has 0 aliphatic carbocycles. The monoisotopic (exact) mass is 1300 g/mol. The second-order valence-corrected chi connectivity index (χ2v) is 24.8. The van der Waals surface area contributed by atoms with E-state index in [2.05, 4.69) is 63.5 Å². The van der Waals surface area contributed by atoms with Crippen molar-refractivity contribution in [2.24, 2.45) is 17.8 Å². The number of aromatic amines is 1. The van der Waals surface area contributed by atoms with Crippen molar-refractivity contribution in [2.75, 3.05) is 50.4 Å². The molecule has 92 heavy (non-hydrogen) atoms. The van der Waals surface area contributed by atoms with Gasteiger partial charge in [-0.25, -0.2) is 0 Å². The third-order valence-electron chi connectivity index (χ3n) is 16.5. The van der Waals surface area contributed by atoms with E-state index in [1.54, 1.807) is 76.2 Å². The molecule has 4 aliphatic heterocycles. The van der Waals surface area contributed by atoms with Gasteiger partial charge in [0, 0.05) is 85.9 Å². The van der Waals surface area contributed by atoms with E-state index < -0.39 is 188 Å². The Labute approximate surface area is 534 Å². The van der Waals surface area contributed by atoms with Gasteiger partial charge in [-0.1, -0.05) is 71.4 Å². The number of carbonyl (C=O) groups excluding carboxylic acids is 13. The Morgan fingerprint density at radius 1 is 0.761 bits per heavy atom. The summed E-state index contributed by atoms with van der Waals surface area (Å²) >= 11 is 1.21. The van der Waals surface area contributed by atoms with Gasteiger partial charge in [0.05, 0.1) is 55.4 Å². The topological polar surface area (TPSA) is 437 Å². The van der Waals surface area contributed by atoms with Crippen LogP contribution in [0.5, 0.6) is 0 Å². The third-order valence-corrected chi connectivity index (χ3v) is 17.7. The highest BCUT2D eigenvalue weighted by Gasteiger charge is 2.45. The molecule has 2 bridgehead atoms. The highest BCUT2D eigenvalue weighted by molar-refractivity contribution is 7.99. The summed E-state index contributed by atoms with van der Waals surface area (Å²) in [4.78, 5) is 183. The molecule has 13 amide bonds. The molecule has 0 saturated carbocycles. The quantitative estimate of drug-likeness (QED) is 0.0551. The van der Waals surface area contributed by atoms with Gasteiger partial charge in [-0.15, -0.1) is 11.8 Å². The number of amides is 13. The molecule has 1 saturated heterocycles. The fourth-order valence-electron chi connectivity index (χ4n) is 10.8. The minimum Gasteiger partial charge on any atom is -0.394 e. The first-order valence-electron chi connectivity index (χ1n) is 30.5. The number of aliphatic hydroxyl groups excluding tert-OH is 3. The Morgan fingerprint density at radius 3 is 2.11 bits per heavy atom. The Bertz CT molecular complexity index is 3290. The Morgan fingerprint density at radius 2 is 1.43 bits per heavy atom. The van der Waals surface area contributed by atoms with Crippen LogP contribution < -0.4 is 58.5 Å². The minimum atomic E-state index is -1.70. The molecule has 498 valence electrons. The summed E-state index contributed by atoms with van der Waals surface area (Å²) in [5, 5.41) is 63.1. The van der Waals surface area contributed by atoms with Gasteiger partial charge in [0.15, 0.2) is 0 Å². The molecule has 7 rings (SSSR count). The van der Waals surface area contributed by atoms with Crippen LogP contribution in [-0.2, 0) is 75.3 Å². The lowest BCUT2D eigenvalue weighted by Gasteiger charge is -2.33. The van der Waals surface area contributed by atoms with Crippen LogP contribution in [0.2, 0.25) is 0 Å². The molecule has 15 N–H and O–H groups in total. The van der Waals surface area contributed by atoms with E-state index in [9.17, 15) is 72.9 Å². The van der Waals surface area contributed by atoms with Crippen molar-refractivity contribution in [2.45, 2.75) is 146 Å². The molecule has 3 aromatic rings. The van der Waals surface area contributed by atoms with Crippen molar-refractivity contribution in [3.05, 3.63) is 71.8 Å². The molecular formula is C61H82N14O16S. The van der Waals surface area contributed by atoms with Gasteiger partial charge in [0.2, 0.25) is 65.0 Å². The molecule has 5 heterocycles. The van der Waals surface area contributed by atoms with Crippen LogP contribution >= 0.6 is 11.8 Å². The van der Waals surface area contributed by atoms with Gasteiger partial charge in [-0.05, 0) is 48.1 Å². The molecule has 31 heteroatoms. The molecule has 0 radical (unpaired) electrons. The van der Waals surface area contributed by atoms with Crippen LogP contribution in [0.25, 0.3) is 10.9 Å². The molecule has 2 aromatic carbocycles. The predicted molar refractivity (Wildman–Crippen MR) is 332 cm³/mol. The smallest absolute Gasteiger partial charge is 0.253 e. The van der Waals surface area contributed by atoms with Gasteiger partial charge in [0.1, 0.15) is 36.3 Å². The Hall–Kier alpha value is -8.78. The summed E-state index contributed by atoms with van der Waals surface area (Å²) in [5.74, 6) is -11.5. The number of fused-ring (bicyclic) bond motifs is 5. The summed E-state index contributed by atoms with van der Waals surface area (Å²) in [6.45, 7) is 6.71. The number of hydrogen-bond donors (Lipinski definition) is 15. The fourth-order valence-corrected chi connectivity index (χ4v) is 11.9. The van der Waals surface area contributed by atoms with Gasteiger partial charge < -0.3 is 83.7 Å². The fraction of sp³-hybridized carbons (Fsp3) is 0.525. The maximum absolute atomic E-state index is 15.0. The van der Waals surface area contributed by atoms with Crippen molar-refractivity contribution in [1.82, 2.24) is 68.0 Å². The first-order chi connectivity index (χ1) is 43.7. The zero-order valence-corrected chi connectivity index (χ0v) is 52.7. The summed E-state index contributed by atoms with van der Waals surface area (Å²) in [6.07, 6.45) is -1.69. The van der Waals surface area contributed by atoms with Crippen molar-refractivity contribution in [1.29, 1.82) is 0 Å². The molecule has 12 atom stereocenters. The van der Waals surface area contributed by atoms with Crippen molar-refractivity contribution < 1.29 is 77.6 Å². The van der Waals surface area contributed by atoms with Gasteiger partial charge in [-0.2, -0.15) is 0 Å². The third kappa shape index (κ3) is 18.7. The molecular weight excluding hydrogens is 1220 g/mol. The first-order valence-corrected chi connectivity index (χ1v) is 31.5. The second kappa shape index (κ2) is 32.5. The molecule has 30 nitrogen and oxygen atoms in total. The van der Waals surface area contributed by atoms with E-state index >= 15 is 4.79 Å². The lowest BCUT2D eigenvalue weighted by Crippen LogP contribution is -2.61. The van der Waals surface area contributed by atoms with Gasteiger partial charge in [0.25, 0.3) is 11.8 Å². The standard InChI is InChI=1S/C61H82N14O16S/c1-7-31(4)52-57(88)65-25-47(81)67-36-24-62-42(22-46(80)63-23-34-12-14-35(15-13-34)68-54(85)33(6)66-58(89)51(30(2)3)71-45(79)18-19-74-49(83)16-17-50(74)84)61(91)75-27-37(77)20-43(75)56(87)73-53(32(5)44(78)28-76)59(90)69-41(55(86)64-26-48(82)72-52)21-39-38-10-8-9-11-40(38)70-60(39)92-29-36/h8-17,30-33,36-37,41-44,51-53,62,70,76-78H,7,18-29H2,1-6H3,(H,63,80)(H,64,86)(H,65,88)(H,66,89)(H,67,81)(H,68,85)(H,69,90)(H,71,79)(H,72,82)(H,73,87)/t31-,32-,33-,36+,37+,41-,42-,43-,44-,51?,52-,53-/m0/s1.